The van der Waals surface area contributed by atoms with Gasteiger partial charge in [-0.05, 0) is 44.9 Å². The number of amides is 3. The Morgan fingerprint density at radius 1 is 1.00 bits per heavy atom. The highest BCUT2D eigenvalue weighted by Gasteiger charge is 2.57. The highest BCUT2D eigenvalue weighted by atomic mass is 32.2. The third-order valence-electron chi connectivity index (χ3n) is 5.66. The Bertz CT molecular complexity index is 1020. The van der Waals surface area contributed by atoms with E-state index in [-0.39, 0.29) is 29.1 Å². The van der Waals surface area contributed by atoms with Crippen LogP contribution in [-0.2, 0) is 9.59 Å². The lowest BCUT2D eigenvalue weighted by Gasteiger charge is -2.31. The lowest BCUT2D eigenvalue weighted by molar-refractivity contribution is -0.132. The molecule has 7 heteroatoms. The summed E-state index contributed by atoms with van der Waals surface area (Å²) < 4.78 is -0.506. The van der Waals surface area contributed by atoms with E-state index < -0.39 is 16.8 Å². The molecule has 1 saturated heterocycles. The molecule has 162 valence electrons. The summed E-state index contributed by atoms with van der Waals surface area (Å²) in [5.41, 5.74) is 2.29. The molecule has 0 aromatic heterocycles. The molecule has 0 radical (unpaired) electrons. The van der Waals surface area contributed by atoms with Crippen molar-refractivity contribution in [2.75, 3.05) is 0 Å². The average molecular weight is 438 g/mol. The Labute approximate surface area is 186 Å². The van der Waals surface area contributed by atoms with E-state index >= 15 is 0 Å². The lowest BCUT2D eigenvalue weighted by Crippen LogP contribution is -2.54. The Hall–Kier alpha value is -2.80. The first-order chi connectivity index (χ1) is 14.7. The third kappa shape index (κ3) is 3.83. The van der Waals surface area contributed by atoms with Crippen molar-refractivity contribution in [3.05, 3.63) is 71.3 Å². The highest BCUT2D eigenvalue weighted by molar-refractivity contribution is 8.01. The fraction of sp³-hybridized carbons (Fsp3) is 0.375. The molecule has 2 aliphatic rings. The van der Waals surface area contributed by atoms with Crippen molar-refractivity contribution >= 4 is 29.5 Å². The molecule has 0 unspecified atom stereocenters. The molecule has 2 aliphatic heterocycles. The fourth-order valence-electron chi connectivity index (χ4n) is 4.34. The van der Waals surface area contributed by atoms with E-state index in [1.54, 1.807) is 22.7 Å². The van der Waals surface area contributed by atoms with E-state index in [4.69, 9.17) is 0 Å². The van der Waals surface area contributed by atoms with Crippen LogP contribution in [0.2, 0.25) is 0 Å². The molecule has 2 aromatic rings. The highest BCUT2D eigenvalue weighted by Crippen LogP contribution is 2.56. The van der Waals surface area contributed by atoms with E-state index in [1.807, 2.05) is 76.2 Å². The Balaban J connectivity index is 1.64. The number of fused-ring (bicyclic) bond motifs is 3. The van der Waals surface area contributed by atoms with Crippen LogP contribution in [0.15, 0.2) is 54.6 Å². The van der Waals surface area contributed by atoms with Crippen LogP contribution in [-0.4, -0.2) is 39.5 Å². The summed E-state index contributed by atoms with van der Waals surface area (Å²) in [4.78, 5) is 41.3. The first kappa shape index (κ1) is 21.4. The number of thioether (sulfide) groups is 1. The maximum Gasteiger partial charge on any atom is 0.256 e. The van der Waals surface area contributed by atoms with Crippen LogP contribution in [0.5, 0.6) is 0 Å². The van der Waals surface area contributed by atoms with Crippen molar-refractivity contribution in [3.8, 4) is 0 Å². The number of carbonyl (C=O) groups is 3. The molecule has 2 aromatic carbocycles. The predicted molar refractivity (Wildman–Crippen MR) is 121 cm³/mol. The first-order valence-corrected chi connectivity index (χ1v) is 11.3. The number of benzene rings is 2. The van der Waals surface area contributed by atoms with E-state index in [0.29, 0.717) is 11.1 Å². The quantitative estimate of drug-likeness (QED) is 0.751. The molecule has 3 amide bonds. The number of carbonyl (C=O) groups excluding carboxylic acids is 3. The van der Waals surface area contributed by atoms with Crippen molar-refractivity contribution in [2.24, 2.45) is 0 Å². The SMILES string of the molecule is CC(C)NC(=O)[C@H](NC(=O)[C@H]1N2C(=O)c3ccccc3[C@H]2SC1(C)C)c1ccccc1. The van der Waals surface area contributed by atoms with Gasteiger partial charge in [-0.3, -0.25) is 14.4 Å². The second-order valence-electron chi connectivity index (χ2n) is 8.79. The molecule has 2 heterocycles. The molecular weight excluding hydrogens is 410 g/mol. The normalized spacial score (nSPS) is 22.1. The van der Waals surface area contributed by atoms with E-state index in [2.05, 4.69) is 10.6 Å². The van der Waals surface area contributed by atoms with Gasteiger partial charge in [-0.15, -0.1) is 11.8 Å². The molecule has 3 atom stereocenters. The second-order valence-corrected chi connectivity index (χ2v) is 10.5. The molecule has 0 aliphatic carbocycles. The smallest absolute Gasteiger partial charge is 0.256 e. The van der Waals surface area contributed by atoms with Crippen LogP contribution < -0.4 is 10.6 Å². The summed E-state index contributed by atoms with van der Waals surface area (Å²) in [7, 11) is 0. The van der Waals surface area contributed by atoms with Crippen LogP contribution in [0.1, 0.15) is 60.6 Å². The predicted octanol–water partition coefficient (Wildman–Crippen LogP) is 3.42. The van der Waals surface area contributed by atoms with Gasteiger partial charge in [-0.2, -0.15) is 0 Å². The largest absolute Gasteiger partial charge is 0.352 e. The second kappa shape index (κ2) is 8.04. The minimum absolute atomic E-state index is 0.0619. The Morgan fingerprint density at radius 2 is 1.65 bits per heavy atom. The van der Waals surface area contributed by atoms with Crippen LogP contribution in [0.3, 0.4) is 0 Å². The summed E-state index contributed by atoms with van der Waals surface area (Å²) in [5, 5.41) is 5.63. The monoisotopic (exact) mass is 437 g/mol. The molecule has 4 rings (SSSR count). The molecule has 0 bridgehead atoms. The van der Waals surface area contributed by atoms with Gasteiger partial charge < -0.3 is 15.5 Å². The van der Waals surface area contributed by atoms with Gasteiger partial charge in [-0.1, -0.05) is 48.5 Å². The van der Waals surface area contributed by atoms with Crippen LogP contribution in [0.25, 0.3) is 0 Å². The molecular formula is C24H27N3O3S. The lowest BCUT2D eigenvalue weighted by atomic mass is 9.99. The Kier molecular flexibility index (Phi) is 5.56. The standard InChI is InChI=1S/C24H27N3O3S/c1-14(2)25-20(28)18(15-10-6-5-7-11-15)26-21(29)19-24(3,4)31-23-17-13-9-8-12-16(17)22(30)27(19)23/h5-14,18-19,23H,1-4H3,(H,25,28)(H,26,29)/t18-,19-,23-/m1/s1. The summed E-state index contributed by atoms with van der Waals surface area (Å²) >= 11 is 1.61. The first-order valence-electron chi connectivity index (χ1n) is 10.5. The molecule has 0 spiro atoms. The summed E-state index contributed by atoms with van der Waals surface area (Å²) in [6, 6.07) is 15.1. The van der Waals surface area contributed by atoms with Crippen molar-refractivity contribution < 1.29 is 14.4 Å². The van der Waals surface area contributed by atoms with Crippen LogP contribution in [0.4, 0.5) is 0 Å². The van der Waals surface area contributed by atoms with Crippen LogP contribution in [0, 0.1) is 0 Å². The molecule has 1 fully saturated rings. The van der Waals surface area contributed by atoms with Gasteiger partial charge in [0.2, 0.25) is 11.8 Å². The third-order valence-corrected chi connectivity index (χ3v) is 7.19. The van der Waals surface area contributed by atoms with Crippen molar-refractivity contribution in [2.45, 2.75) is 55.9 Å². The number of hydrogen-bond acceptors (Lipinski definition) is 4. The zero-order chi connectivity index (χ0) is 22.3. The molecule has 6 nitrogen and oxygen atoms in total. The van der Waals surface area contributed by atoms with Gasteiger partial charge in [0, 0.05) is 16.4 Å². The van der Waals surface area contributed by atoms with Gasteiger partial charge >= 0.3 is 0 Å². The zero-order valence-electron chi connectivity index (χ0n) is 18.1. The van der Waals surface area contributed by atoms with Crippen molar-refractivity contribution in [3.63, 3.8) is 0 Å². The van der Waals surface area contributed by atoms with E-state index in [0.717, 1.165) is 5.56 Å². The maximum atomic E-state index is 13.6. The van der Waals surface area contributed by atoms with Crippen molar-refractivity contribution in [1.29, 1.82) is 0 Å². The minimum atomic E-state index is -0.837. The zero-order valence-corrected chi connectivity index (χ0v) is 18.9. The summed E-state index contributed by atoms with van der Waals surface area (Å²) in [5.74, 6) is -0.735. The maximum absolute atomic E-state index is 13.6. The topological polar surface area (TPSA) is 78.5 Å². The fourth-order valence-corrected chi connectivity index (χ4v) is 5.93. The van der Waals surface area contributed by atoms with Gasteiger partial charge in [0.1, 0.15) is 17.5 Å². The molecule has 0 saturated carbocycles. The minimum Gasteiger partial charge on any atom is -0.352 e. The number of hydrogen-bond donors (Lipinski definition) is 2. The molecule has 2 N–H and O–H groups in total. The Morgan fingerprint density at radius 3 is 2.32 bits per heavy atom. The number of nitrogens with zero attached hydrogens (tertiary/aromatic N) is 1. The van der Waals surface area contributed by atoms with E-state index in [1.165, 1.54) is 0 Å². The summed E-state index contributed by atoms with van der Waals surface area (Å²) in [6.45, 7) is 7.70. The summed E-state index contributed by atoms with van der Waals surface area (Å²) in [6.07, 6.45) is 0. The van der Waals surface area contributed by atoms with Crippen molar-refractivity contribution in [1.82, 2.24) is 15.5 Å². The van der Waals surface area contributed by atoms with Gasteiger partial charge in [0.15, 0.2) is 0 Å². The number of nitrogens with one attached hydrogen (secondary N) is 2. The van der Waals surface area contributed by atoms with Gasteiger partial charge in [0.25, 0.3) is 5.91 Å². The van der Waals surface area contributed by atoms with Gasteiger partial charge in [0.05, 0.1) is 0 Å². The van der Waals surface area contributed by atoms with E-state index in [9.17, 15) is 14.4 Å². The average Bonchev–Trinajstić information content (AvgIpc) is 3.15. The molecule has 31 heavy (non-hydrogen) atoms. The van der Waals surface area contributed by atoms with Gasteiger partial charge in [-0.25, -0.2) is 0 Å². The van der Waals surface area contributed by atoms with Crippen LogP contribution >= 0.6 is 11.8 Å². The number of rotatable bonds is 5.